The molecule has 1 atom stereocenters. The number of aromatic nitrogens is 2. The molecular formula is C11H15ClN4O. The van der Waals surface area contributed by atoms with E-state index in [4.69, 9.17) is 11.6 Å². The first kappa shape index (κ1) is 12.1. The van der Waals surface area contributed by atoms with Gasteiger partial charge >= 0.3 is 0 Å². The Balaban J connectivity index is 2.50. The number of amides is 1. The summed E-state index contributed by atoms with van der Waals surface area (Å²) in [7, 11) is 1.73. The lowest BCUT2D eigenvalue weighted by Crippen LogP contribution is -2.48. The SMILES string of the molecule is CCC(C)N1CC(=O)N(C)c2cnc(Cl)nc21. The Bertz CT molecular complexity index is 451. The van der Waals surface area contributed by atoms with Crippen LogP contribution in [0.15, 0.2) is 6.20 Å². The van der Waals surface area contributed by atoms with Gasteiger partial charge in [0.05, 0.1) is 12.7 Å². The van der Waals surface area contributed by atoms with Crippen LogP contribution >= 0.6 is 11.6 Å². The van der Waals surface area contributed by atoms with Crippen LogP contribution in [-0.4, -0.2) is 35.5 Å². The van der Waals surface area contributed by atoms with Gasteiger partial charge in [-0.1, -0.05) is 6.92 Å². The number of carbonyl (C=O) groups excluding carboxylic acids is 1. The number of rotatable bonds is 2. The Morgan fingerprint density at radius 2 is 2.29 bits per heavy atom. The molecule has 2 rings (SSSR count). The molecule has 1 aliphatic rings. The Hall–Kier alpha value is -1.36. The number of anilines is 2. The van der Waals surface area contributed by atoms with Gasteiger partial charge in [0, 0.05) is 13.1 Å². The van der Waals surface area contributed by atoms with Crippen LogP contribution in [0, 0.1) is 0 Å². The third-order valence-corrected chi connectivity index (χ3v) is 3.34. The van der Waals surface area contributed by atoms with E-state index in [1.54, 1.807) is 18.1 Å². The lowest BCUT2D eigenvalue weighted by atomic mass is 10.1. The molecule has 0 saturated heterocycles. The molecule has 5 nitrogen and oxygen atoms in total. The van der Waals surface area contributed by atoms with E-state index in [1.807, 2.05) is 4.90 Å². The zero-order valence-electron chi connectivity index (χ0n) is 10.1. The summed E-state index contributed by atoms with van der Waals surface area (Å²) in [6.45, 7) is 4.49. The third kappa shape index (κ3) is 2.07. The normalized spacial score (nSPS) is 17.1. The van der Waals surface area contributed by atoms with E-state index in [1.165, 1.54) is 0 Å². The smallest absolute Gasteiger partial charge is 0.246 e. The lowest BCUT2D eigenvalue weighted by Gasteiger charge is -2.37. The van der Waals surface area contributed by atoms with Crippen LogP contribution < -0.4 is 9.80 Å². The Labute approximate surface area is 105 Å². The van der Waals surface area contributed by atoms with Gasteiger partial charge in [0.1, 0.15) is 5.69 Å². The lowest BCUT2D eigenvalue weighted by molar-refractivity contribution is -0.117. The first-order chi connectivity index (χ1) is 8.04. The highest BCUT2D eigenvalue weighted by Crippen LogP contribution is 2.32. The zero-order valence-corrected chi connectivity index (χ0v) is 10.9. The van der Waals surface area contributed by atoms with Gasteiger partial charge in [-0.05, 0) is 24.9 Å². The topological polar surface area (TPSA) is 49.3 Å². The van der Waals surface area contributed by atoms with Crippen molar-refractivity contribution in [3.8, 4) is 0 Å². The molecule has 1 aromatic rings. The molecule has 6 heteroatoms. The average Bonchev–Trinajstić information content (AvgIpc) is 2.32. The van der Waals surface area contributed by atoms with Gasteiger partial charge in [-0.15, -0.1) is 0 Å². The molecule has 0 aliphatic carbocycles. The number of hydrogen-bond acceptors (Lipinski definition) is 4. The summed E-state index contributed by atoms with van der Waals surface area (Å²) in [4.78, 5) is 23.6. The van der Waals surface area contributed by atoms with E-state index in [-0.39, 0.29) is 17.2 Å². The fourth-order valence-corrected chi connectivity index (χ4v) is 1.97. The van der Waals surface area contributed by atoms with Crippen LogP contribution in [0.25, 0.3) is 0 Å². The van der Waals surface area contributed by atoms with Crippen molar-refractivity contribution < 1.29 is 4.79 Å². The summed E-state index contributed by atoms with van der Waals surface area (Å²) in [5.74, 6) is 0.783. The number of carbonyl (C=O) groups is 1. The predicted molar refractivity (Wildman–Crippen MR) is 67.6 cm³/mol. The van der Waals surface area contributed by atoms with E-state index < -0.39 is 0 Å². The average molecular weight is 255 g/mol. The maximum atomic E-state index is 11.9. The number of hydrogen-bond donors (Lipinski definition) is 0. The molecule has 0 spiro atoms. The van der Waals surface area contributed by atoms with Crippen LogP contribution in [0.3, 0.4) is 0 Å². The van der Waals surface area contributed by atoms with E-state index in [0.29, 0.717) is 12.2 Å². The molecule has 0 aromatic carbocycles. The molecule has 1 amide bonds. The minimum absolute atomic E-state index is 0.0451. The summed E-state index contributed by atoms with van der Waals surface area (Å²) in [5, 5.41) is 0.208. The van der Waals surface area contributed by atoms with Gasteiger partial charge in [0.25, 0.3) is 0 Å². The van der Waals surface area contributed by atoms with Crippen LogP contribution in [-0.2, 0) is 4.79 Å². The molecule has 1 aromatic heterocycles. The van der Waals surface area contributed by atoms with Crippen molar-refractivity contribution in [1.29, 1.82) is 0 Å². The molecule has 0 saturated carbocycles. The summed E-state index contributed by atoms with van der Waals surface area (Å²) in [5.41, 5.74) is 0.714. The summed E-state index contributed by atoms with van der Waals surface area (Å²) >= 11 is 5.82. The van der Waals surface area contributed by atoms with Gasteiger partial charge in [0.2, 0.25) is 11.2 Å². The highest BCUT2D eigenvalue weighted by Gasteiger charge is 2.30. The first-order valence-electron chi connectivity index (χ1n) is 5.60. The Morgan fingerprint density at radius 3 is 2.94 bits per heavy atom. The van der Waals surface area contributed by atoms with Gasteiger partial charge in [0.15, 0.2) is 5.82 Å². The molecule has 2 heterocycles. The van der Waals surface area contributed by atoms with Gasteiger partial charge in [-0.3, -0.25) is 4.79 Å². The molecule has 0 radical (unpaired) electrons. The quantitative estimate of drug-likeness (QED) is 0.754. The van der Waals surface area contributed by atoms with E-state index in [0.717, 1.165) is 12.2 Å². The summed E-state index contributed by atoms with van der Waals surface area (Å²) < 4.78 is 0. The van der Waals surface area contributed by atoms with Gasteiger partial charge < -0.3 is 9.80 Å². The molecule has 92 valence electrons. The fraction of sp³-hybridized carbons (Fsp3) is 0.545. The minimum atomic E-state index is 0.0451. The molecule has 0 N–H and O–H groups in total. The van der Waals surface area contributed by atoms with Crippen molar-refractivity contribution in [3.63, 3.8) is 0 Å². The number of fused-ring (bicyclic) bond motifs is 1. The monoisotopic (exact) mass is 254 g/mol. The minimum Gasteiger partial charge on any atom is -0.343 e. The van der Waals surface area contributed by atoms with Crippen LogP contribution in [0.2, 0.25) is 5.28 Å². The number of likely N-dealkylation sites (N-methyl/N-ethyl adjacent to an activating group) is 1. The van der Waals surface area contributed by atoms with E-state index in [2.05, 4.69) is 23.8 Å². The Kier molecular flexibility index (Phi) is 3.19. The van der Waals surface area contributed by atoms with E-state index >= 15 is 0 Å². The highest BCUT2D eigenvalue weighted by atomic mass is 35.5. The zero-order chi connectivity index (χ0) is 12.6. The molecule has 0 bridgehead atoms. The standard InChI is InChI=1S/C11H15ClN4O/c1-4-7(2)16-6-9(17)15(3)8-5-13-11(12)14-10(8)16/h5,7H,4,6H2,1-3H3. The van der Waals surface area contributed by atoms with Crippen LogP contribution in [0.1, 0.15) is 20.3 Å². The molecule has 1 unspecified atom stereocenters. The molecule has 0 fully saturated rings. The van der Waals surface area contributed by atoms with Gasteiger partial charge in [-0.25, -0.2) is 4.98 Å². The largest absolute Gasteiger partial charge is 0.343 e. The van der Waals surface area contributed by atoms with Crippen LogP contribution in [0.4, 0.5) is 11.5 Å². The fourth-order valence-electron chi connectivity index (χ4n) is 1.84. The molecule has 1 aliphatic heterocycles. The van der Waals surface area contributed by atoms with Gasteiger partial charge in [-0.2, -0.15) is 4.98 Å². The second kappa shape index (κ2) is 4.49. The van der Waals surface area contributed by atoms with Crippen molar-refractivity contribution in [3.05, 3.63) is 11.5 Å². The molecule has 17 heavy (non-hydrogen) atoms. The summed E-state index contributed by atoms with van der Waals surface area (Å²) in [6, 6.07) is 0.248. The maximum absolute atomic E-state index is 11.9. The third-order valence-electron chi connectivity index (χ3n) is 3.16. The number of nitrogens with zero attached hydrogens (tertiary/aromatic N) is 4. The second-order valence-corrected chi connectivity index (χ2v) is 4.52. The van der Waals surface area contributed by atoms with E-state index in [9.17, 15) is 4.79 Å². The van der Waals surface area contributed by atoms with Crippen molar-refractivity contribution in [2.75, 3.05) is 23.4 Å². The number of halogens is 1. The maximum Gasteiger partial charge on any atom is 0.246 e. The Morgan fingerprint density at radius 1 is 1.59 bits per heavy atom. The predicted octanol–water partition coefficient (Wildman–Crippen LogP) is 1.71. The summed E-state index contributed by atoms with van der Waals surface area (Å²) in [6.07, 6.45) is 2.54. The van der Waals surface area contributed by atoms with Crippen LogP contribution in [0.5, 0.6) is 0 Å². The highest BCUT2D eigenvalue weighted by molar-refractivity contribution is 6.28. The first-order valence-corrected chi connectivity index (χ1v) is 5.98. The second-order valence-electron chi connectivity index (χ2n) is 4.19. The van der Waals surface area contributed by atoms with Crippen molar-refractivity contribution >= 4 is 29.0 Å². The van der Waals surface area contributed by atoms with Crippen molar-refractivity contribution in [2.45, 2.75) is 26.3 Å². The van der Waals surface area contributed by atoms with Crippen molar-refractivity contribution in [2.24, 2.45) is 0 Å². The molecular weight excluding hydrogens is 240 g/mol. The van der Waals surface area contributed by atoms with Crippen molar-refractivity contribution in [1.82, 2.24) is 9.97 Å².